The Morgan fingerprint density at radius 2 is 1.44 bits per heavy atom. The van der Waals surface area contributed by atoms with Crippen LogP contribution in [0.15, 0.2) is 54.6 Å². The van der Waals surface area contributed by atoms with Gasteiger partial charge in [-0.15, -0.1) is 0 Å². The molecule has 0 radical (unpaired) electrons. The minimum absolute atomic E-state index is 0.0410. The third-order valence-corrected chi connectivity index (χ3v) is 8.87. The van der Waals surface area contributed by atoms with Crippen LogP contribution in [0.3, 0.4) is 0 Å². The Hall–Kier alpha value is -3.26. The van der Waals surface area contributed by atoms with Crippen molar-refractivity contribution < 1.29 is 4.39 Å². The van der Waals surface area contributed by atoms with Crippen LogP contribution in [0.4, 0.5) is 22.0 Å². The van der Waals surface area contributed by atoms with Crippen LogP contribution in [0, 0.1) is 5.82 Å². The molecule has 3 aromatic rings. The minimum atomic E-state index is -0.199. The molecule has 1 saturated heterocycles. The van der Waals surface area contributed by atoms with Gasteiger partial charge in [-0.3, -0.25) is 0 Å². The van der Waals surface area contributed by atoms with Crippen LogP contribution >= 0.6 is 12.2 Å². The molecule has 0 amide bonds. The van der Waals surface area contributed by atoms with Gasteiger partial charge >= 0.3 is 0 Å². The minimum Gasteiger partial charge on any atom is -0.361 e. The number of anilines is 3. The molecule has 0 bridgehead atoms. The largest absolute Gasteiger partial charge is 0.361 e. The van der Waals surface area contributed by atoms with E-state index in [1.54, 1.807) is 12.1 Å². The molecule has 8 heteroatoms. The van der Waals surface area contributed by atoms with Gasteiger partial charge in [-0.1, -0.05) is 62.1 Å². The second-order valence-corrected chi connectivity index (χ2v) is 11.6. The van der Waals surface area contributed by atoms with Crippen molar-refractivity contribution in [2.75, 3.05) is 34.8 Å². The molecule has 3 heterocycles. The Balaban J connectivity index is 1.21. The van der Waals surface area contributed by atoms with E-state index in [9.17, 15) is 4.39 Å². The Bertz CT molecular complexity index is 1270. The molecule has 1 aliphatic carbocycles. The standard InChI is InChI=1S/C31H37FN6S/c32-26-13-11-25(12-14-26)31(15-5-6-16-31)22-33-30(39)36-29-34-27(37-17-7-1-2-8-18-37)19-28(35-29)38-20-23-9-3-4-10-24(23)21-38/h3-4,9-14,19H,1-2,5-8,15-18,20-22H2,(H2,33,34,35,36,39). The number of hydrogen-bond donors (Lipinski definition) is 2. The van der Waals surface area contributed by atoms with Gasteiger partial charge in [0, 0.05) is 44.2 Å². The van der Waals surface area contributed by atoms with E-state index in [1.165, 1.54) is 55.2 Å². The molecule has 2 fully saturated rings. The summed E-state index contributed by atoms with van der Waals surface area (Å²) in [5.74, 6) is 2.21. The summed E-state index contributed by atoms with van der Waals surface area (Å²) in [5.41, 5.74) is 3.83. The Labute approximate surface area is 236 Å². The fourth-order valence-corrected chi connectivity index (χ4v) is 6.58. The van der Waals surface area contributed by atoms with Gasteiger partial charge in [0.2, 0.25) is 5.95 Å². The summed E-state index contributed by atoms with van der Waals surface area (Å²) in [6.07, 6.45) is 9.37. The maximum atomic E-state index is 13.6. The lowest BCUT2D eigenvalue weighted by atomic mass is 9.79. The van der Waals surface area contributed by atoms with E-state index in [0.29, 0.717) is 17.6 Å². The number of thiocarbonyl (C=S) groups is 1. The predicted octanol–water partition coefficient (Wildman–Crippen LogP) is 6.31. The average Bonchev–Trinajstić information content (AvgIpc) is 3.52. The van der Waals surface area contributed by atoms with Crippen molar-refractivity contribution in [2.24, 2.45) is 0 Å². The SMILES string of the molecule is Fc1ccc(C2(CNC(=S)Nc3nc(N4CCCCCC4)cc(N4Cc5ccccc5C4)n3)CCCC2)cc1. The molecule has 6 nitrogen and oxygen atoms in total. The zero-order valence-electron chi connectivity index (χ0n) is 22.5. The van der Waals surface area contributed by atoms with E-state index in [0.717, 1.165) is 50.7 Å². The third kappa shape index (κ3) is 5.86. The van der Waals surface area contributed by atoms with Crippen LogP contribution in [0.5, 0.6) is 0 Å². The molecule has 2 aliphatic heterocycles. The molecule has 3 aliphatic rings. The molecular formula is C31H37FN6S. The van der Waals surface area contributed by atoms with E-state index in [2.05, 4.69) is 50.8 Å². The normalized spacial score (nSPS) is 18.5. The number of halogens is 1. The zero-order valence-corrected chi connectivity index (χ0v) is 23.3. The highest BCUT2D eigenvalue weighted by molar-refractivity contribution is 7.80. The lowest BCUT2D eigenvalue weighted by molar-refractivity contribution is 0.434. The summed E-state index contributed by atoms with van der Waals surface area (Å²) in [4.78, 5) is 14.6. The first kappa shape index (κ1) is 26.0. The smallest absolute Gasteiger partial charge is 0.232 e. The van der Waals surface area contributed by atoms with Gasteiger partial charge in [0.25, 0.3) is 0 Å². The van der Waals surface area contributed by atoms with Crippen molar-refractivity contribution in [2.45, 2.75) is 69.9 Å². The second-order valence-electron chi connectivity index (χ2n) is 11.2. The Kier molecular flexibility index (Phi) is 7.64. The van der Waals surface area contributed by atoms with Crippen LogP contribution in [0.25, 0.3) is 0 Å². The summed E-state index contributed by atoms with van der Waals surface area (Å²) in [6.45, 7) is 4.41. The summed E-state index contributed by atoms with van der Waals surface area (Å²) in [6, 6.07) is 17.7. The van der Waals surface area contributed by atoms with Crippen molar-refractivity contribution >= 4 is 34.9 Å². The van der Waals surface area contributed by atoms with Crippen molar-refractivity contribution in [3.05, 3.63) is 77.1 Å². The topological polar surface area (TPSA) is 56.3 Å². The maximum absolute atomic E-state index is 13.6. The average molecular weight is 545 g/mol. The second kappa shape index (κ2) is 11.5. The van der Waals surface area contributed by atoms with Crippen LogP contribution < -0.4 is 20.4 Å². The molecule has 0 unspecified atom stereocenters. The quantitative estimate of drug-likeness (QED) is 0.353. The molecule has 204 valence electrons. The van der Waals surface area contributed by atoms with Crippen molar-refractivity contribution in [1.29, 1.82) is 0 Å². The molecule has 2 N–H and O–H groups in total. The number of aromatic nitrogens is 2. The van der Waals surface area contributed by atoms with Crippen molar-refractivity contribution in [3.8, 4) is 0 Å². The first-order chi connectivity index (χ1) is 19.1. The molecule has 1 aromatic heterocycles. The summed E-state index contributed by atoms with van der Waals surface area (Å²) in [7, 11) is 0. The van der Waals surface area contributed by atoms with Gasteiger partial charge in [0.1, 0.15) is 17.5 Å². The van der Waals surface area contributed by atoms with Crippen molar-refractivity contribution in [3.63, 3.8) is 0 Å². The molecule has 6 rings (SSSR count). The summed E-state index contributed by atoms with van der Waals surface area (Å²) in [5, 5.41) is 7.29. The lowest BCUT2D eigenvalue weighted by Gasteiger charge is -2.30. The highest BCUT2D eigenvalue weighted by atomic mass is 32.1. The van der Waals surface area contributed by atoms with Gasteiger partial charge in [-0.2, -0.15) is 9.97 Å². The molecular weight excluding hydrogens is 507 g/mol. The Morgan fingerprint density at radius 3 is 2.08 bits per heavy atom. The summed E-state index contributed by atoms with van der Waals surface area (Å²) >= 11 is 5.76. The van der Waals surface area contributed by atoms with Gasteiger partial charge in [0.05, 0.1) is 0 Å². The van der Waals surface area contributed by atoms with Crippen LogP contribution in [0.2, 0.25) is 0 Å². The van der Waals surface area contributed by atoms with Gasteiger partial charge < -0.3 is 20.4 Å². The van der Waals surface area contributed by atoms with Gasteiger partial charge in [-0.05, 0) is 66.7 Å². The van der Waals surface area contributed by atoms with Crippen LogP contribution in [-0.4, -0.2) is 34.7 Å². The van der Waals surface area contributed by atoms with E-state index >= 15 is 0 Å². The van der Waals surface area contributed by atoms with E-state index in [-0.39, 0.29) is 11.2 Å². The highest BCUT2D eigenvalue weighted by Gasteiger charge is 2.35. The summed E-state index contributed by atoms with van der Waals surface area (Å²) < 4.78 is 13.6. The fraction of sp³-hybridized carbons (Fsp3) is 0.452. The number of rotatable bonds is 6. The van der Waals surface area contributed by atoms with Gasteiger partial charge in [0.15, 0.2) is 5.11 Å². The number of nitrogens with zero attached hydrogens (tertiary/aromatic N) is 4. The predicted molar refractivity (Wildman–Crippen MR) is 160 cm³/mol. The van der Waals surface area contributed by atoms with Gasteiger partial charge in [-0.25, -0.2) is 4.39 Å². The van der Waals surface area contributed by atoms with Crippen LogP contribution in [-0.2, 0) is 18.5 Å². The number of hydrogen-bond acceptors (Lipinski definition) is 5. The van der Waals surface area contributed by atoms with Crippen LogP contribution in [0.1, 0.15) is 68.1 Å². The molecule has 39 heavy (non-hydrogen) atoms. The fourth-order valence-electron chi connectivity index (χ4n) is 6.41. The molecule has 0 spiro atoms. The van der Waals surface area contributed by atoms with E-state index in [4.69, 9.17) is 22.2 Å². The first-order valence-corrected chi connectivity index (χ1v) is 14.8. The first-order valence-electron chi connectivity index (χ1n) is 14.3. The molecule has 1 saturated carbocycles. The zero-order chi connectivity index (χ0) is 26.7. The highest BCUT2D eigenvalue weighted by Crippen LogP contribution is 2.40. The van der Waals surface area contributed by atoms with E-state index < -0.39 is 0 Å². The van der Waals surface area contributed by atoms with Crippen molar-refractivity contribution in [1.82, 2.24) is 15.3 Å². The Morgan fingerprint density at radius 1 is 0.821 bits per heavy atom. The molecule has 0 atom stereocenters. The monoisotopic (exact) mass is 544 g/mol. The lowest BCUT2D eigenvalue weighted by Crippen LogP contribution is -2.41. The number of benzene rings is 2. The van der Waals surface area contributed by atoms with E-state index in [1.807, 2.05) is 12.1 Å². The third-order valence-electron chi connectivity index (χ3n) is 8.62. The number of fused-ring (bicyclic) bond motifs is 1. The molecule has 2 aromatic carbocycles. The maximum Gasteiger partial charge on any atom is 0.232 e. The number of nitrogens with one attached hydrogen (secondary N) is 2.